The number of ether oxygens (including phenoxy) is 1. The van der Waals surface area contributed by atoms with Gasteiger partial charge in [-0.2, -0.15) is 0 Å². The highest BCUT2D eigenvalue weighted by Gasteiger charge is 2.30. The van der Waals surface area contributed by atoms with E-state index in [1.807, 2.05) is 46.1 Å². The van der Waals surface area contributed by atoms with Crippen LogP contribution >= 0.6 is 0 Å². The lowest BCUT2D eigenvalue weighted by Gasteiger charge is -2.22. The number of amides is 1. The summed E-state index contributed by atoms with van der Waals surface area (Å²) in [6.45, 7) is 7.05. The summed E-state index contributed by atoms with van der Waals surface area (Å²) in [5.74, 6) is 0.679. The molecule has 0 saturated heterocycles. The van der Waals surface area contributed by atoms with Gasteiger partial charge < -0.3 is 24.4 Å². The highest BCUT2D eigenvalue weighted by molar-refractivity contribution is 6.03. The largest absolute Gasteiger partial charge is 0.492 e. The van der Waals surface area contributed by atoms with Crippen LogP contribution in [0.25, 0.3) is 10.9 Å². The number of likely N-dealkylation sites (N-methyl/N-ethyl adjacent to an activating group) is 2. The number of nitrogens with zero attached hydrogens (tertiary/aromatic N) is 3. The number of fused-ring (bicyclic) bond motifs is 1. The van der Waals surface area contributed by atoms with Gasteiger partial charge in [0.05, 0.1) is 0 Å². The van der Waals surface area contributed by atoms with Crippen molar-refractivity contribution in [3.05, 3.63) is 101 Å². The number of rotatable bonds is 12. The van der Waals surface area contributed by atoms with Crippen molar-refractivity contribution in [2.75, 3.05) is 47.9 Å². The Morgan fingerprint density at radius 3 is 2.08 bits per heavy atom. The highest BCUT2D eigenvalue weighted by atomic mass is 16.5. The van der Waals surface area contributed by atoms with Crippen LogP contribution in [0.1, 0.15) is 46.9 Å². The predicted octanol–water partition coefficient (Wildman–Crippen LogP) is 5.46. The lowest BCUT2D eigenvalue weighted by molar-refractivity contribution is 0.0932. The third-order valence-corrected chi connectivity index (χ3v) is 6.86. The molecule has 0 saturated carbocycles. The van der Waals surface area contributed by atoms with E-state index in [0.717, 1.165) is 52.1 Å². The molecule has 0 spiro atoms. The zero-order chi connectivity index (χ0) is 27.9. The van der Waals surface area contributed by atoms with Crippen LogP contribution in [0.4, 0.5) is 0 Å². The van der Waals surface area contributed by atoms with Crippen LogP contribution in [0.15, 0.2) is 78.9 Å². The number of aromatic nitrogens is 1. The molecule has 0 aliphatic rings. The molecule has 6 nitrogen and oxygen atoms in total. The summed E-state index contributed by atoms with van der Waals surface area (Å²) in [6, 6.07) is 27.3. The SMILES string of the molecule is CC(C)NC(=O)c1c(C(c2ccccc2)c2ccc(OCCN(C)C)cc2)c2ccccc2n1CCN(C)C. The van der Waals surface area contributed by atoms with E-state index < -0.39 is 0 Å². The van der Waals surface area contributed by atoms with Gasteiger partial charge in [0.1, 0.15) is 18.1 Å². The molecule has 6 heteroatoms. The summed E-state index contributed by atoms with van der Waals surface area (Å²) >= 11 is 0. The second-order valence-corrected chi connectivity index (χ2v) is 10.9. The van der Waals surface area contributed by atoms with Gasteiger partial charge in [-0.3, -0.25) is 4.79 Å². The predicted molar refractivity (Wildman–Crippen MR) is 161 cm³/mol. The Kier molecular flexibility index (Phi) is 9.44. The molecule has 1 heterocycles. The van der Waals surface area contributed by atoms with Crippen molar-refractivity contribution in [1.29, 1.82) is 0 Å². The fraction of sp³-hybridized carbons (Fsp3) is 0.364. The molecule has 1 unspecified atom stereocenters. The Morgan fingerprint density at radius 1 is 0.821 bits per heavy atom. The Labute approximate surface area is 233 Å². The third-order valence-electron chi connectivity index (χ3n) is 6.86. The molecule has 0 fully saturated rings. The first kappa shape index (κ1) is 28.4. The molecular formula is C33H42N4O2. The number of para-hydroxylation sites is 1. The fourth-order valence-corrected chi connectivity index (χ4v) is 5.00. The van der Waals surface area contributed by atoms with Crippen molar-refractivity contribution in [1.82, 2.24) is 19.7 Å². The topological polar surface area (TPSA) is 49.7 Å². The average molecular weight is 527 g/mol. The Bertz CT molecular complexity index is 1360. The Balaban J connectivity index is 1.91. The van der Waals surface area contributed by atoms with Crippen LogP contribution in [-0.2, 0) is 6.54 Å². The molecule has 0 bridgehead atoms. The van der Waals surface area contributed by atoms with Crippen LogP contribution in [-0.4, -0.2) is 74.2 Å². The Morgan fingerprint density at radius 2 is 1.44 bits per heavy atom. The number of benzene rings is 3. The van der Waals surface area contributed by atoms with Gasteiger partial charge >= 0.3 is 0 Å². The summed E-state index contributed by atoms with van der Waals surface area (Å²) in [7, 11) is 8.21. The zero-order valence-corrected chi connectivity index (χ0v) is 24.1. The van der Waals surface area contributed by atoms with E-state index in [1.165, 1.54) is 0 Å². The maximum Gasteiger partial charge on any atom is 0.268 e. The number of carbonyl (C=O) groups excluding carboxylic acids is 1. The van der Waals surface area contributed by atoms with Crippen molar-refractivity contribution < 1.29 is 9.53 Å². The maximum atomic E-state index is 13.9. The van der Waals surface area contributed by atoms with E-state index >= 15 is 0 Å². The normalized spacial score (nSPS) is 12.4. The quantitative estimate of drug-likeness (QED) is 0.266. The number of carbonyl (C=O) groups is 1. The van der Waals surface area contributed by atoms with Crippen LogP contribution in [0, 0.1) is 0 Å². The van der Waals surface area contributed by atoms with Gasteiger partial charge in [-0.1, -0.05) is 60.7 Å². The van der Waals surface area contributed by atoms with Gasteiger partial charge in [0.15, 0.2) is 0 Å². The molecule has 206 valence electrons. The second-order valence-electron chi connectivity index (χ2n) is 10.9. The van der Waals surface area contributed by atoms with Gasteiger partial charge in [0.2, 0.25) is 0 Å². The van der Waals surface area contributed by atoms with Gasteiger partial charge in [0, 0.05) is 48.1 Å². The monoisotopic (exact) mass is 526 g/mol. The van der Waals surface area contributed by atoms with Crippen LogP contribution < -0.4 is 10.1 Å². The van der Waals surface area contributed by atoms with Crippen LogP contribution in [0.2, 0.25) is 0 Å². The zero-order valence-electron chi connectivity index (χ0n) is 24.1. The summed E-state index contributed by atoms with van der Waals surface area (Å²) in [6.07, 6.45) is 0. The van der Waals surface area contributed by atoms with Gasteiger partial charge in [-0.15, -0.1) is 0 Å². The van der Waals surface area contributed by atoms with E-state index in [1.54, 1.807) is 0 Å². The number of hydrogen-bond acceptors (Lipinski definition) is 4. The summed E-state index contributed by atoms with van der Waals surface area (Å²) in [4.78, 5) is 18.2. The Hall–Kier alpha value is -3.61. The molecule has 4 aromatic rings. The summed E-state index contributed by atoms with van der Waals surface area (Å²) in [5, 5.41) is 4.29. The molecule has 39 heavy (non-hydrogen) atoms. The summed E-state index contributed by atoms with van der Waals surface area (Å²) in [5.41, 5.74) is 5.11. The standard InChI is InChI=1S/C33H42N4O2/c1-24(2)34-33(38)32-31(28-14-10-11-15-29(28)37(32)21-20-35(3)4)30(25-12-8-7-9-13-25)26-16-18-27(19-17-26)39-23-22-36(5)6/h7-19,24,30H,20-23H2,1-6H3,(H,34,38). The minimum Gasteiger partial charge on any atom is -0.492 e. The second kappa shape index (κ2) is 13.0. The molecule has 0 aliphatic carbocycles. The molecule has 1 aromatic heterocycles. The first-order valence-electron chi connectivity index (χ1n) is 13.8. The molecule has 4 rings (SSSR count). The van der Waals surface area contributed by atoms with Gasteiger partial charge in [-0.05, 0) is 71.4 Å². The van der Waals surface area contributed by atoms with E-state index in [9.17, 15) is 4.79 Å². The first-order valence-corrected chi connectivity index (χ1v) is 13.8. The molecule has 3 aromatic carbocycles. The average Bonchev–Trinajstić information content (AvgIpc) is 3.23. The molecule has 1 amide bonds. The molecule has 0 radical (unpaired) electrons. The lowest BCUT2D eigenvalue weighted by Crippen LogP contribution is -2.33. The van der Waals surface area contributed by atoms with Crippen LogP contribution in [0.3, 0.4) is 0 Å². The van der Waals surface area contributed by atoms with Crippen molar-refractivity contribution in [3.8, 4) is 5.75 Å². The van der Waals surface area contributed by atoms with E-state index in [0.29, 0.717) is 13.2 Å². The lowest BCUT2D eigenvalue weighted by atomic mass is 9.83. The molecular weight excluding hydrogens is 484 g/mol. The number of nitrogens with one attached hydrogen (secondary N) is 1. The highest BCUT2D eigenvalue weighted by Crippen LogP contribution is 2.40. The number of hydrogen-bond donors (Lipinski definition) is 1. The van der Waals surface area contributed by atoms with Crippen molar-refractivity contribution >= 4 is 16.8 Å². The summed E-state index contributed by atoms with van der Waals surface area (Å²) < 4.78 is 8.19. The molecule has 1 atom stereocenters. The maximum absolute atomic E-state index is 13.9. The minimum atomic E-state index is -0.125. The van der Waals surface area contributed by atoms with Gasteiger partial charge in [0.25, 0.3) is 5.91 Å². The smallest absolute Gasteiger partial charge is 0.268 e. The van der Waals surface area contributed by atoms with E-state index in [-0.39, 0.29) is 17.9 Å². The third kappa shape index (κ3) is 6.88. The minimum absolute atomic E-state index is 0.0273. The molecule has 1 N–H and O–H groups in total. The van der Waals surface area contributed by atoms with Crippen molar-refractivity contribution in [3.63, 3.8) is 0 Å². The van der Waals surface area contributed by atoms with Gasteiger partial charge in [-0.25, -0.2) is 0 Å². The fourth-order valence-electron chi connectivity index (χ4n) is 5.00. The van der Waals surface area contributed by atoms with E-state index in [2.05, 4.69) is 94.4 Å². The van der Waals surface area contributed by atoms with Crippen molar-refractivity contribution in [2.45, 2.75) is 32.4 Å². The van der Waals surface area contributed by atoms with Crippen LogP contribution in [0.5, 0.6) is 5.75 Å². The first-order chi connectivity index (χ1) is 18.8. The molecule has 0 aliphatic heterocycles. The van der Waals surface area contributed by atoms with Crippen molar-refractivity contribution in [2.24, 2.45) is 0 Å². The van der Waals surface area contributed by atoms with E-state index in [4.69, 9.17) is 4.74 Å².